The molecule has 0 bridgehead atoms. The fourth-order valence-corrected chi connectivity index (χ4v) is 2.18. The summed E-state index contributed by atoms with van der Waals surface area (Å²) in [6.45, 7) is 3.22. The molecule has 1 aromatic carbocycles. The van der Waals surface area contributed by atoms with E-state index in [-0.39, 0.29) is 0 Å². The van der Waals surface area contributed by atoms with Crippen molar-refractivity contribution in [2.24, 2.45) is 0 Å². The first kappa shape index (κ1) is 16.8. The van der Waals surface area contributed by atoms with E-state index in [1.165, 1.54) is 0 Å². The summed E-state index contributed by atoms with van der Waals surface area (Å²) in [4.78, 5) is 23.8. The van der Waals surface area contributed by atoms with Crippen molar-refractivity contribution in [1.29, 1.82) is 0 Å². The molecule has 0 fully saturated rings. The minimum Gasteiger partial charge on any atom is -0.324 e. The number of aryl methyl sites for hydroxylation is 2. The van der Waals surface area contributed by atoms with E-state index >= 15 is 0 Å². The molecule has 1 aromatic heterocycles. The van der Waals surface area contributed by atoms with Crippen LogP contribution in [0.1, 0.15) is 16.7 Å². The van der Waals surface area contributed by atoms with Crippen molar-refractivity contribution in [3.05, 3.63) is 63.6 Å². The molecule has 23 heavy (non-hydrogen) atoms. The molecular weight excluding hydrogens is 309 g/mol. The third-order valence-corrected chi connectivity index (χ3v) is 3.30. The first-order valence-corrected chi connectivity index (χ1v) is 6.82. The van der Waals surface area contributed by atoms with Crippen molar-refractivity contribution < 1.29 is 18.0 Å². The van der Waals surface area contributed by atoms with Gasteiger partial charge in [-0.2, -0.15) is 13.2 Å². The van der Waals surface area contributed by atoms with Crippen LogP contribution in [-0.4, -0.2) is 10.5 Å². The highest BCUT2D eigenvalue weighted by Crippen LogP contribution is 2.26. The summed E-state index contributed by atoms with van der Waals surface area (Å²) < 4.78 is 38.8. The third-order valence-electron chi connectivity index (χ3n) is 3.30. The zero-order valence-electron chi connectivity index (χ0n) is 12.6. The van der Waals surface area contributed by atoms with E-state index in [2.05, 4.69) is 5.32 Å². The molecule has 4 nitrogen and oxygen atoms in total. The maximum absolute atomic E-state index is 12.7. The highest BCUT2D eigenvalue weighted by atomic mass is 19.4. The lowest BCUT2D eigenvalue weighted by Gasteiger charge is -2.12. The Labute approximate surface area is 130 Å². The topological polar surface area (TPSA) is 51.1 Å². The van der Waals surface area contributed by atoms with Gasteiger partial charge in [-0.25, -0.2) is 0 Å². The van der Waals surface area contributed by atoms with Crippen LogP contribution in [-0.2, 0) is 17.5 Å². The molecular formula is C16H15F3N2O2. The van der Waals surface area contributed by atoms with Crippen LogP contribution in [0.2, 0.25) is 0 Å². The van der Waals surface area contributed by atoms with Gasteiger partial charge in [0.15, 0.2) is 0 Å². The van der Waals surface area contributed by atoms with Crippen LogP contribution in [0.4, 0.5) is 18.9 Å². The zero-order valence-corrected chi connectivity index (χ0v) is 12.6. The molecule has 7 heteroatoms. The van der Waals surface area contributed by atoms with Gasteiger partial charge in [0.05, 0.1) is 0 Å². The first-order chi connectivity index (χ1) is 10.7. The van der Waals surface area contributed by atoms with Gasteiger partial charge in [0.2, 0.25) is 5.91 Å². The summed E-state index contributed by atoms with van der Waals surface area (Å²) in [6.07, 6.45) is -3.59. The number of rotatable bonds is 3. The number of benzene rings is 1. The van der Waals surface area contributed by atoms with E-state index in [1.807, 2.05) is 13.0 Å². The second kappa shape index (κ2) is 6.28. The predicted molar refractivity (Wildman–Crippen MR) is 80.2 cm³/mol. The number of hydrogen-bond donors (Lipinski definition) is 1. The zero-order chi connectivity index (χ0) is 17.2. The van der Waals surface area contributed by atoms with Crippen LogP contribution < -0.4 is 10.9 Å². The Balaban J connectivity index is 2.20. The second-order valence-electron chi connectivity index (χ2n) is 5.22. The molecule has 0 saturated heterocycles. The van der Waals surface area contributed by atoms with Gasteiger partial charge in [0.25, 0.3) is 5.56 Å². The molecule has 0 aliphatic heterocycles. The van der Waals surface area contributed by atoms with Gasteiger partial charge in [-0.1, -0.05) is 17.7 Å². The molecule has 0 spiro atoms. The number of aromatic nitrogens is 1. The van der Waals surface area contributed by atoms with E-state index in [4.69, 9.17) is 0 Å². The maximum atomic E-state index is 12.7. The van der Waals surface area contributed by atoms with E-state index < -0.39 is 29.8 Å². The van der Waals surface area contributed by atoms with Crippen LogP contribution in [0, 0.1) is 13.8 Å². The standard InChI is InChI=1S/C16H15F3N2O2/c1-10-5-6-13(11(2)8-10)20-14(22)9-21-7-3-4-12(15(21)23)16(17,18)19/h3-8H,9H2,1-2H3,(H,20,22). The number of alkyl halides is 3. The number of carbonyl (C=O) groups is 1. The Morgan fingerprint density at radius 2 is 1.91 bits per heavy atom. The van der Waals surface area contributed by atoms with Gasteiger partial charge < -0.3 is 9.88 Å². The quantitative estimate of drug-likeness (QED) is 0.943. The molecule has 0 aliphatic rings. The van der Waals surface area contributed by atoms with E-state index in [9.17, 15) is 22.8 Å². The summed E-state index contributed by atoms with van der Waals surface area (Å²) >= 11 is 0. The summed E-state index contributed by atoms with van der Waals surface area (Å²) in [7, 11) is 0. The van der Waals surface area contributed by atoms with Gasteiger partial charge in [-0.05, 0) is 37.6 Å². The maximum Gasteiger partial charge on any atom is 0.421 e. The number of pyridine rings is 1. The van der Waals surface area contributed by atoms with Crippen molar-refractivity contribution in [3.8, 4) is 0 Å². The highest BCUT2D eigenvalue weighted by Gasteiger charge is 2.34. The summed E-state index contributed by atoms with van der Waals surface area (Å²) in [5.41, 5.74) is -0.125. The molecule has 1 N–H and O–H groups in total. The Bertz CT molecular complexity index is 795. The summed E-state index contributed by atoms with van der Waals surface area (Å²) in [6, 6.07) is 7.16. The number of anilines is 1. The van der Waals surface area contributed by atoms with Crippen LogP contribution in [0.5, 0.6) is 0 Å². The van der Waals surface area contributed by atoms with Crippen molar-refractivity contribution >= 4 is 11.6 Å². The Hall–Kier alpha value is -2.57. The molecule has 122 valence electrons. The average molecular weight is 324 g/mol. The Morgan fingerprint density at radius 1 is 1.22 bits per heavy atom. The third kappa shape index (κ3) is 4.00. The van der Waals surface area contributed by atoms with E-state index in [0.717, 1.165) is 28.0 Å². The number of nitrogens with zero attached hydrogens (tertiary/aromatic N) is 1. The van der Waals surface area contributed by atoms with Crippen molar-refractivity contribution in [3.63, 3.8) is 0 Å². The molecule has 0 aliphatic carbocycles. The van der Waals surface area contributed by atoms with Gasteiger partial charge in [-0.3, -0.25) is 9.59 Å². The fraction of sp³-hybridized carbons (Fsp3) is 0.250. The first-order valence-electron chi connectivity index (χ1n) is 6.82. The summed E-state index contributed by atoms with van der Waals surface area (Å²) in [5.74, 6) is -0.571. The molecule has 1 amide bonds. The van der Waals surface area contributed by atoms with Crippen molar-refractivity contribution in [1.82, 2.24) is 4.57 Å². The molecule has 0 saturated carbocycles. The molecule has 0 radical (unpaired) electrons. The van der Waals surface area contributed by atoms with Crippen molar-refractivity contribution in [2.45, 2.75) is 26.6 Å². The minimum atomic E-state index is -4.75. The Morgan fingerprint density at radius 3 is 2.52 bits per heavy atom. The molecule has 2 rings (SSSR count). The van der Waals surface area contributed by atoms with Crippen LogP contribution in [0.15, 0.2) is 41.3 Å². The van der Waals surface area contributed by atoms with Crippen molar-refractivity contribution in [2.75, 3.05) is 5.32 Å². The molecule has 1 heterocycles. The van der Waals surface area contributed by atoms with Gasteiger partial charge in [0, 0.05) is 11.9 Å². The molecule has 0 unspecified atom stereocenters. The lowest BCUT2D eigenvalue weighted by molar-refractivity contribution is -0.139. The van der Waals surface area contributed by atoms with Gasteiger partial charge >= 0.3 is 6.18 Å². The fourth-order valence-electron chi connectivity index (χ4n) is 2.18. The second-order valence-corrected chi connectivity index (χ2v) is 5.22. The van der Waals surface area contributed by atoms with Crippen LogP contribution in [0.25, 0.3) is 0 Å². The SMILES string of the molecule is Cc1ccc(NC(=O)Cn2cccc(C(F)(F)F)c2=O)c(C)c1. The van der Waals surface area contributed by atoms with Gasteiger partial charge in [-0.15, -0.1) is 0 Å². The monoisotopic (exact) mass is 324 g/mol. The highest BCUT2D eigenvalue weighted by molar-refractivity contribution is 5.91. The number of hydrogen-bond acceptors (Lipinski definition) is 2. The van der Waals surface area contributed by atoms with Gasteiger partial charge in [0.1, 0.15) is 12.1 Å². The minimum absolute atomic E-state index is 0.490. The predicted octanol–water partition coefficient (Wildman–Crippen LogP) is 3.12. The number of halogens is 3. The van der Waals surface area contributed by atoms with Crippen LogP contribution in [0.3, 0.4) is 0 Å². The van der Waals surface area contributed by atoms with Crippen LogP contribution >= 0.6 is 0 Å². The average Bonchev–Trinajstić information content (AvgIpc) is 2.43. The van der Waals surface area contributed by atoms with E-state index in [1.54, 1.807) is 19.1 Å². The molecule has 2 aromatic rings. The summed E-state index contributed by atoms with van der Waals surface area (Å²) in [5, 5.41) is 2.59. The smallest absolute Gasteiger partial charge is 0.324 e. The largest absolute Gasteiger partial charge is 0.421 e. The number of carbonyl (C=O) groups excluding carboxylic acids is 1. The number of nitrogens with one attached hydrogen (secondary N) is 1. The van der Waals surface area contributed by atoms with E-state index in [0.29, 0.717) is 11.8 Å². The lowest BCUT2D eigenvalue weighted by Crippen LogP contribution is -2.32. The Kier molecular flexibility index (Phi) is 4.58. The molecule has 0 atom stereocenters. The lowest BCUT2D eigenvalue weighted by atomic mass is 10.1. The number of amides is 1. The normalized spacial score (nSPS) is 11.3.